The Labute approximate surface area is 106 Å². The molecule has 1 aliphatic heterocycles. The van der Waals surface area contributed by atoms with E-state index in [1.165, 1.54) is 5.56 Å². The Morgan fingerprint density at radius 1 is 0.833 bits per heavy atom. The van der Waals surface area contributed by atoms with Crippen LogP contribution in [0.4, 0.5) is 0 Å². The number of fused-ring (bicyclic) bond motifs is 1. The van der Waals surface area contributed by atoms with Gasteiger partial charge in [-0.3, -0.25) is 0 Å². The third-order valence-corrected chi connectivity index (χ3v) is 2.82. The van der Waals surface area contributed by atoms with Crippen molar-refractivity contribution in [2.45, 2.75) is 13.2 Å². The average molecular weight is 242 g/mol. The molecule has 0 amide bonds. The van der Waals surface area contributed by atoms with E-state index in [9.17, 15) is 0 Å². The van der Waals surface area contributed by atoms with E-state index in [0.717, 1.165) is 17.1 Å². The summed E-state index contributed by atoms with van der Waals surface area (Å²) in [6, 6.07) is 16.0. The van der Waals surface area contributed by atoms with Crippen LogP contribution < -0.4 is 9.47 Å². The molecule has 3 rings (SSSR count). The molecule has 0 saturated heterocycles. The van der Waals surface area contributed by atoms with Crippen molar-refractivity contribution in [3.05, 3.63) is 59.7 Å². The molecule has 0 aliphatic carbocycles. The second-order valence-electron chi connectivity index (χ2n) is 4.17. The maximum atomic E-state index is 5.67. The minimum absolute atomic E-state index is 0.309. The molecule has 0 radical (unpaired) electrons. The van der Waals surface area contributed by atoms with Crippen molar-refractivity contribution < 1.29 is 14.2 Å². The highest BCUT2D eigenvalue weighted by atomic mass is 16.7. The molecule has 0 aromatic heterocycles. The third-order valence-electron chi connectivity index (χ3n) is 2.82. The van der Waals surface area contributed by atoms with Gasteiger partial charge in [0.15, 0.2) is 11.5 Å². The van der Waals surface area contributed by atoms with Crippen LogP contribution >= 0.6 is 0 Å². The van der Waals surface area contributed by atoms with E-state index in [-0.39, 0.29) is 0 Å². The minimum atomic E-state index is 0.309. The first-order chi connectivity index (χ1) is 8.92. The maximum Gasteiger partial charge on any atom is 0.231 e. The van der Waals surface area contributed by atoms with Gasteiger partial charge in [0.2, 0.25) is 6.79 Å². The molecule has 0 saturated carbocycles. The van der Waals surface area contributed by atoms with Crippen LogP contribution in [0.25, 0.3) is 0 Å². The summed E-state index contributed by atoms with van der Waals surface area (Å²) in [5.74, 6) is 1.61. The molecule has 18 heavy (non-hydrogen) atoms. The van der Waals surface area contributed by atoms with Crippen molar-refractivity contribution in [3.8, 4) is 11.5 Å². The van der Waals surface area contributed by atoms with Crippen LogP contribution in [0.3, 0.4) is 0 Å². The lowest BCUT2D eigenvalue weighted by atomic mass is 10.2. The van der Waals surface area contributed by atoms with Gasteiger partial charge in [-0.15, -0.1) is 0 Å². The number of benzene rings is 2. The molecule has 3 heteroatoms. The number of hydrogen-bond donors (Lipinski definition) is 0. The van der Waals surface area contributed by atoms with E-state index in [2.05, 4.69) is 12.1 Å². The molecule has 2 aromatic rings. The number of hydrogen-bond acceptors (Lipinski definition) is 3. The Kier molecular flexibility index (Phi) is 3.15. The topological polar surface area (TPSA) is 27.7 Å². The Morgan fingerprint density at radius 2 is 1.61 bits per heavy atom. The Balaban J connectivity index is 1.57. The average Bonchev–Trinajstić information content (AvgIpc) is 2.87. The summed E-state index contributed by atoms with van der Waals surface area (Å²) in [6.45, 7) is 1.50. The summed E-state index contributed by atoms with van der Waals surface area (Å²) < 4.78 is 16.3. The first-order valence-electron chi connectivity index (χ1n) is 5.92. The maximum absolute atomic E-state index is 5.67. The van der Waals surface area contributed by atoms with Crippen LogP contribution in [0.15, 0.2) is 48.5 Å². The van der Waals surface area contributed by atoms with Gasteiger partial charge in [0.1, 0.15) is 0 Å². The van der Waals surface area contributed by atoms with Gasteiger partial charge >= 0.3 is 0 Å². The van der Waals surface area contributed by atoms with Crippen LogP contribution in [-0.4, -0.2) is 6.79 Å². The van der Waals surface area contributed by atoms with E-state index in [1.54, 1.807) is 0 Å². The smallest absolute Gasteiger partial charge is 0.231 e. The lowest BCUT2D eigenvalue weighted by Crippen LogP contribution is -1.94. The SMILES string of the molecule is c1ccc(COCc2ccc3c(c2)OCO3)cc1. The summed E-state index contributed by atoms with van der Waals surface area (Å²) in [5.41, 5.74) is 2.27. The van der Waals surface area contributed by atoms with Gasteiger partial charge in [-0.2, -0.15) is 0 Å². The van der Waals surface area contributed by atoms with Crippen molar-refractivity contribution in [2.75, 3.05) is 6.79 Å². The quantitative estimate of drug-likeness (QED) is 0.824. The number of ether oxygens (including phenoxy) is 3. The Bertz CT molecular complexity index is 523. The van der Waals surface area contributed by atoms with E-state index >= 15 is 0 Å². The fraction of sp³-hybridized carbons (Fsp3) is 0.200. The predicted octanol–water partition coefficient (Wildman–Crippen LogP) is 3.13. The van der Waals surface area contributed by atoms with Gasteiger partial charge in [0, 0.05) is 0 Å². The highest BCUT2D eigenvalue weighted by Crippen LogP contribution is 2.32. The van der Waals surface area contributed by atoms with Crippen molar-refractivity contribution >= 4 is 0 Å². The van der Waals surface area contributed by atoms with Crippen LogP contribution in [-0.2, 0) is 18.0 Å². The first kappa shape index (κ1) is 11.1. The molecule has 3 nitrogen and oxygen atoms in total. The van der Waals surface area contributed by atoms with E-state index in [0.29, 0.717) is 20.0 Å². The lowest BCUT2D eigenvalue weighted by molar-refractivity contribution is 0.107. The molecule has 0 N–H and O–H groups in total. The zero-order valence-corrected chi connectivity index (χ0v) is 9.96. The van der Waals surface area contributed by atoms with E-state index in [1.807, 2.05) is 36.4 Å². The second kappa shape index (κ2) is 5.10. The van der Waals surface area contributed by atoms with Gasteiger partial charge < -0.3 is 14.2 Å². The lowest BCUT2D eigenvalue weighted by Gasteiger charge is -2.05. The summed E-state index contributed by atoms with van der Waals surface area (Å²) >= 11 is 0. The standard InChI is InChI=1S/C15H14O3/c1-2-4-12(5-3-1)9-16-10-13-6-7-14-15(8-13)18-11-17-14/h1-8H,9-11H2. The van der Waals surface area contributed by atoms with Crippen LogP contribution in [0.2, 0.25) is 0 Å². The van der Waals surface area contributed by atoms with E-state index in [4.69, 9.17) is 14.2 Å². The zero-order valence-electron chi connectivity index (χ0n) is 9.96. The van der Waals surface area contributed by atoms with Gasteiger partial charge in [-0.05, 0) is 23.3 Å². The van der Waals surface area contributed by atoms with E-state index < -0.39 is 0 Å². The minimum Gasteiger partial charge on any atom is -0.454 e. The predicted molar refractivity (Wildman–Crippen MR) is 67.5 cm³/mol. The molecule has 0 unspecified atom stereocenters. The van der Waals surface area contributed by atoms with Crippen LogP contribution in [0.1, 0.15) is 11.1 Å². The van der Waals surface area contributed by atoms with Crippen molar-refractivity contribution in [1.82, 2.24) is 0 Å². The molecule has 0 bridgehead atoms. The third kappa shape index (κ3) is 2.46. The fourth-order valence-corrected chi connectivity index (χ4v) is 1.89. The van der Waals surface area contributed by atoms with Gasteiger partial charge in [0.25, 0.3) is 0 Å². The van der Waals surface area contributed by atoms with Gasteiger partial charge in [-0.25, -0.2) is 0 Å². The Morgan fingerprint density at radius 3 is 2.50 bits per heavy atom. The summed E-state index contributed by atoms with van der Waals surface area (Å²) in [5, 5.41) is 0. The molecular formula is C15H14O3. The normalized spacial score (nSPS) is 12.7. The molecule has 0 fully saturated rings. The number of rotatable bonds is 4. The van der Waals surface area contributed by atoms with Crippen LogP contribution in [0.5, 0.6) is 11.5 Å². The summed E-state index contributed by atoms with van der Waals surface area (Å²) in [7, 11) is 0. The summed E-state index contributed by atoms with van der Waals surface area (Å²) in [6.07, 6.45) is 0. The first-order valence-corrected chi connectivity index (χ1v) is 5.92. The van der Waals surface area contributed by atoms with Crippen molar-refractivity contribution in [1.29, 1.82) is 0 Å². The Hall–Kier alpha value is -2.00. The molecule has 2 aromatic carbocycles. The van der Waals surface area contributed by atoms with Gasteiger partial charge in [0.05, 0.1) is 13.2 Å². The second-order valence-corrected chi connectivity index (χ2v) is 4.17. The van der Waals surface area contributed by atoms with Crippen molar-refractivity contribution in [2.24, 2.45) is 0 Å². The highest BCUT2D eigenvalue weighted by Gasteiger charge is 2.12. The zero-order chi connectivity index (χ0) is 12.2. The summed E-state index contributed by atoms with van der Waals surface area (Å²) in [4.78, 5) is 0. The molecule has 1 heterocycles. The monoisotopic (exact) mass is 242 g/mol. The van der Waals surface area contributed by atoms with Gasteiger partial charge in [-0.1, -0.05) is 36.4 Å². The van der Waals surface area contributed by atoms with Crippen LogP contribution in [0, 0.1) is 0 Å². The molecule has 0 atom stereocenters. The highest BCUT2D eigenvalue weighted by molar-refractivity contribution is 5.44. The molecule has 0 spiro atoms. The fourth-order valence-electron chi connectivity index (χ4n) is 1.89. The largest absolute Gasteiger partial charge is 0.454 e. The molecular weight excluding hydrogens is 228 g/mol. The van der Waals surface area contributed by atoms with Crippen molar-refractivity contribution in [3.63, 3.8) is 0 Å². The molecule has 1 aliphatic rings. The molecule has 92 valence electrons.